The molecule has 140 valence electrons. The van der Waals surface area contributed by atoms with Gasteiger partial charge >= 0.3 is 0 Å². The fraction of sp³-hybridized carbons (Fsp3) is 0.474. The van der Waals surface area contributed by atoms with Gasteiger partial charge in [0.2, 0.25) is 0 Å². The van der Waals surface area contributed by atoms with Gasteiger partial charge in [0.15, 0.2) is 5.96 Å². The largest absolute Gasteiger partial charge is 0.357 e. The van der Waals surface area contributed by atoms with E-state index in [0.717, 1.165) is 37.6 Å². The molecule has 2 atom stereocenters. The van der Waals surface area contributed by atoms with Gasteiger partial charge in [-0.25, -0.2) is 14.4 Å². The van der Waals surface area contributed by atoms with Gasteiger partial charge in [-0.15, -0.1) is 0 Å². The summed E-state index contributed by atoms with van der Waals surface area (Å²) in [6, 6.07) is 5.12. The second kappa shape index (κ2) is 8.54. The Morgan fingerprint density at radius 3 is 3.00 bits per heavy atom. The van der Waals surface area contributed by atoms with E-state index in [2.05, 4.69) is 33.6 Å². The van der Waals surface area contributed by atoms with Crippen LogP contribution >= 0.6 is 11.6 Å². The van der Waals surface area contributed by atoms with E-state index in [9.17, 15) is 4.39 Å². The molecule has 1 aliphatic heterocycles. The Bertz CT molecular complexity index is 746. The standard InChI is InChI=1S/C19H25ClFN5/c1-3-23-19(24-11-15-4-5-17(21)16(20)10-15)25-8-6-14(2)18(12-25)26-9-7-22-13-26/h4-5,7,9-10,13-14,18H,3,6,8,11-12H2,1-2H3,(H,23,24). The first-order valence-electron chi connectivity index (χ1n) is 9.03. The van der Waals surface area contributed by atoms with Crippen LogP contribution in [0.3, 0.4) is 0 Å². The number of benzene rings is 1. The smallest absolute Gasteiger partial charge is 0.194 e. The first-order valence-corrected chi connectivity index (χ1v) is 9.41. The molecule has 0 saturated carbocycles. The summed E-state index contributed by atoms with van der Waals surface area (Å²) in [6.45, 7) is 7.45. The SMILES string of the molecule is CCNC(=NCc1ccc(F)c(Cl)c1)N1CCC(C)C(n2ccnc2)C1. The molecule has 2 unspecified atom stereocenters. The Kier molecular flexibility index (Phi) is 6.14. The summed E-state index contributed by atoms with van der Waals surface area (Å²) in [5.41, 5.74) is 0.892. The molecular weight excluding hydrogens is 353 g/mol. The molecular formula is C19H25ClFN5. The molecule has 1 aromatic carbocycles. The van der Waals surface area contributed by atoms with E-state index in [0.29, 0.717) is 18.5 Å². The topological polar surface area (TPSA) is 45.5 Å². The summed E-state index contributed by atoms with van der Waals surface area (Å²) in [7, 11) is 0. The van der Waals surface area contributed by atoms with Crippen molar-refractivity contribution in [2.45, 2.75) is 32.9 Å². The number of aliphatic imine (C=N–C) groups is 1. The molecule has 2 aromatic rings. The lowest BCUT2D eigenvalue weighted by Gasteiger charge is -2.39. The van der Waals surface area contributed by atoms with Crippen molar-refractivity contribution < 1.29 is 4.39 Å². The van der Waals surface area contributed by atoms with Crippen molar-refractivity contribution >= 4 is 17.6 Å². The first kappa shape index (κ1) is 18.7. The van der Waals surface area contributed by atoms with Crippen LogP contribution in [0.2, 0.25) is 5.02 Å². The molecule has 3 rings (SSSR count). The molecule has 1 N–H and O–H groups in total. The lowest BCUT2D eigenvalue weighted by molar-refractivity contribution is 0.189. The predicted octanol–water partition coefficient (Wildman–Crippen LogP) is 3.72. The summed E-state index contributed by atoms with van der Waals surface area (Å²) in [6.07, 6.45) is 6.82. The third-order valence-corrected chi connectivity index (χ3v) is 5.15. The summed E-state index contributed by atoms with van der Waals surface area (Å²) in [5, 5.41) is 3.51. The maximum Gasteiger partial charge on any atom is 0.194 e. The Morgan fingerprint density at radius 2 is 2.31 bits per heavy atom. The summed E-state index contributed by atoms with van der Waals surface area (Å²) in [5.74, 6) is 1.06. The number of nitrogens with zero attached hydrogens (tertiary/aromatic N) is 4. The molecule has 1 aromatic heterocycles. The quantitative estimate of drug-likeness (QED) is 0.652. The van der Waals surface area contributed by atoms with E-state index < -0.39 is 5.82 Å². The number of nitrogens with one attached hydrogen (secondary N) is 1. The number of likely N-dealkylation sites (tertiary alicyclic amines) is 1. The maximum atomic E-state index is 13.3. The number of aromatic nitrogens is 2. The molecule has 1 fully saturated rings. The number of guanidine groups is 1. The van der Waals surface area contributed by atoms with E-state index in [1.807, 2.05) is 18.7 Å². The zero-order chi connectivity index (χ0) is 18.5. The summed E-state index contributed by atoms with van der Waals surface area (Å²) < 4.78 is 15.5. The summed E-state index contributed by atoms with van der Waals surface area (Å²) >= 11 is 5.87. The molecule has 0 spiro atoms. The average molecular weight is 378 g/mol. The highest BCUT2D eigenvalue weighted by Gasteiger charge is 2.28. The molecule has 26 heavy (non-hydrogen) atoms. The van der Waals surface area contributed by atoms with Crippen molar-refractivity contribution in [1.82, 2.24) is 19.8 Å². The van der Waals surface area contributed by atoms with E-state index in [1.54, 1.807) is 12.1 Å². The van der Waals surface area contributed by atoms with Crippen LogP contribution in [0.5, 0.6) is 0 Å². The zero-order valence-electron chi connectivity index (χ0n) is 15.2. The van der Waals surface area contributed by atoms with E-state index >= 15 is 0 Å². The van der Waals surface area contributed by atoms with Crippen LogP contribution in [0, 0.1) is 11.7 Å². The molecule has 0 aliphatic carbocycles. The molecule has 0 radical (unpaired) electrons. The second-order valence-electron chi connectivity index (χ2n) is 6.71. The Balaban J connectivity index is 1.74. The van der Waals surface area contributed by atoms with Crippen LogP contribution < -0.4 is 5.32 Å². The molecule has 1 aliphatic rings. The van der Waals surface area contributed by atoms with Gasteiger partial charge < -0.3 is 14.8 Å². The first-order chi connectivity index (χ1) is 12.6. The lowest BCUT2D eigenvalue weighted by Crippen LogP contribution is -2.49. The van der Waals surface area contributed by atoms with Crippen molar-refractivity contribution in [1.29, 1.82) is 0 Å². The number of halogens is 2. The lowest BCUT2D eigenvalue weighted by atomic mass is 9.93. The van der Waals surface area contributed by atoms with Crippen LogP contribution in [-0.2, 0) is 6.54 Å². The minimum atomic E-state index is -0.403. The van der Waals surface area contributed by atoms with Crippen molar-refractivity contribution in [3.05, 3.63) is 53.3 Å². The molecule has 7 heteroatoms. The highest BCUT2D eigenvalue weighted by Crippen LogP contribution is 2.27. The number of imidazole rings is 1. The van der Waals surface area contributed by atoms with Gasteiger partial charge in [0.1, 0.15) is 5.82 Å². The van der Waals surface area contributed by atoms with Gasteiger partial charge in [0.25, 0.3) is 0 Å². The van der Waals surface area contributed by atoms with E-state index in [1.165, 1.54) is 6.07 Å². The van der Waals surface area contributed by atoms with Crippen LogP contribution in [0.25, 0.3) is 0 Å². The van der Waals surface area contributed by atoms with Crippen LogP contribution in [0.4, 0.5) is 4.39 Å². The minimum absolute atomic E-state index is 0.134. The second-order valence-corrected chi connectivity index (χ2v) is 7.12. The van der Waals surface area contributed by atoms with Crippen molar-refractivity contribution in [3.8, 4) is 0 Å². The summed E-state index contributed by atoms with van der Waals surface area (Å²) in [4.78, 5) is 11.2. The fourth-order valence-corrected chi connectivity index (χ4v) is 3.53. The number of piperidine rings is 1. The van der Waals surface area contributed by atoms with Gasteiger partial charge in [0, 0.05) is 32.0 Å². The van der Waals surface area contributed by atoms with Crippen LogP contribution in [-0.4, -0.2) is 40.0 Å². The van der Waals surface area contributed by atoms with Crippen molar-refractivity contribution in [2.24, 2.45) is 10.9 Å². The molecule has 5 nitrogen and oxygen atoms in total. The predicted molar refractivity (Wildman–Crippen MR) is 103 cm³/mol. The fourth-order valence-electron chi connectivity index (χ4n) is 3.32. The van der Waals surface area contributed by atoms with Gasteiger partial charge in [-0.1, -0.05) is 24.6 Å². The maximum absolute atomic E-state index is 13.3. The third-order valence-electron chi connectivity index (χ3n) is 4.86. The number of rotatable bonds is 4. The van der Waals surface area contributed by atoms with E-state index in [-0.39, 0.29) is 5.02 Å². The Hall–Kier alpha value is -2.08. The normalized spacial score (nSPS) is 21.1. The van der Waals surface area contributed by atoms with Gasteiger partial charge in [-0.05, 0) is 37.0 Å². The minimum Gasteiger partial charge on any atom is -0.357 e. The van der Waals surface area contributed by atoms with Gasteiger partial charge in [0.05, 0.1) is 23.9 Å². The monoisotopic (exact) mass is 377 g/mol. The van der Waals surface area contributed by atoms with Crippen molar-refractivity contribution in [3.63, 3.8) is 0 Å². The molecule has 2 heterocycles. The average Bonchev–Trinajstić information content (AvgIpc) is 3.16. The number of hydrogen-bond acceptors (Lipinski definition) is 2. The molecule has 0 bridgehead atoms. The highest BCUT2D eigenvalue weighted by atomic mass is 35.5. The van der Waals surface area contributed by atoms with Crippen LogP contribution in [0.1, 0.15) is 31.9 Å². The zero-order valence-corrected chi connectivity index (χ0v) is 16.0. The van der Waals surface area contributed by atoms with E-state index in [4.69, 9.17) is 16.6 Å². The third kappa shape index (κ3) is 4.36. The highest BCUT2D eigenvalue weighted by molar-refractivity contribution is 6.30. The van der Waals surface area contributed by atoms with Crippen LogP contribution in [0.15, 0.2) is 41.9 Å². The van der Waals surface area contributed by atoms with Crippen molar-refractivity contribution in [2.75, 3.05) is 19.6 Å². The molecule has 0 amide bonds. The number of hydrogen-bond donors (Lipinski definition) is 1. The Labute approximate surface area is 158 Å². The molecule has 1 saturated heterocycles. The van der Waals surface area contributed by atoms with Gasteiger partial charge in [-0.3, -0.25) is 0 Å². The van der Waals surface area contributed by atoms with Gasteiger partial charge in [-0.2, -0.15) is 0 Å². The Morgan fingerprint density at radius 1 is 1.46 bits per heavy atom.